The first-order valence-electron chi connectivity index (χ1n) is 12.3. The van der Waals surface area contributed by atoms with E-state index in [9.17, 15) is 14.7 Å². The lowest BCUT2D eigenvalue weighted by molar-refractivity contribution is -0.140. The molecule has 0 spiro atoms. The number of carbonyl (C=O) groups is 2. The highest BCUT2D eigenvalue weighted by atomic mass is 16.5. The van der Waals surface area contributed by atoms with Crippen molar-refractivity contribution in [2.45, 2.75) is 12.6 Å². The molecule has 3 aromatic rings. The molecule has 0 radical (unpaired) electrons. The molecule has 1 N–H and O–H groups in total. The van der Waals surface area contributed by atoms with Gasteiger partial charge < -0.3 is 29.1 Å². The monoisotopic (exact) mass is 516 g/mol. The molecule has 0 aliphatic carbocycles. The van der Waals surface area contributed by atoms with Crippen LogP contribution >= 0.6 is 0 Å². The van der Waals surface area contributed by atoms with Crippen molar-refractivity contribution in [3.05, 3.63) is 95.1 Å². The second-order valence-corrected chi connectivity index (χ2v) is 9.21. The third-order valence-corrected chi connectivity index (χ3v) is 6.43. The predicted molar refractivity (Wildman–Crippen MR) is 144 cm³/mol. The van der Waals surface area contributed by atoms with Crippen molar-refractivity contribution in [2.24, 2.45) is 0 Å². The maximum Gasteiger partial charge on any atom is 0.295 e. The SMILES string of the molecule is COc1ccc(C2/C(=C(\O)c3ccc(OCc4ccccc4)cc3)C(=O)C(=O)N2CCN(C)C)cc1OC. The number of ketones is 1. The molecule has 1 unspecified atom stereocenters. The van der Waals surface area contributed by atoms with Gasteiger partial charge in [-0.2, -0.15) is 0 Å². The number of likely N-dealkylation sites (N-methyl/N-ethyl adjacent to an activating group) is 1. The van der Waals surface area contributed by atoms with Crippen LogP contribution in [0.3, 0.4) is 0 Å². The third-order valence-electron chi connectivity index (χ3n) is 6.43. The van der Waals surface area contributed by atoms with E-state index in [1.165, 1.54) is 19.1 Å². The molecule has 1 heterocycles. The number of rotatable bonds is 10. The topological polar surface area (TPSA) is 88.5 Å². The Kier molecular flexibility index (Phi) is 8.33. The number of aliphatic hydroxyl groups is 1. The summed E-state index contributed by atoms with van der Waals surface area (Å²) in [4.78, 5) is 29.8. The number of hydrogen-bond donors (Lipinski definition) is 1. The summed E-state index contributed by atoms with van der Waals surface area (Å²) in [5, 5.41) is 11.3. The molecule has 4 rings (SSSR count). The van der Waals surface area contributed by atoms with Crippen molar-refractivity contribution in [1.29, 1.82) is 0 Å². The van der Waals surface area contributed by atoms with E-state index in [1.54, 1.807) is 42.5 Å². The first kappa shape index (κ1) is 26.8. The molecule has 0 bridgehead atoms. The highest BCUT2D eigenvalue weighted by Gasteiger charge is 2.46. The molecule has 1 saturated heterocycles. The summed E-state index contributed by atoms with van der Waals surface area (Å²) in [6.45, 7) is 1.26. The van der Waals surface area contributed by atoms with Crippen LogP contribution in [0.15, 0.2) is 78.4 Å². The lowest BCUT2D eigenvalue weighted by atomic mass is 9.95. The zero-order valence-corrected chi connectivity index (χ0v) is 22.0. The van der Waals surface area contributed by atoms with E-state index in [4.69, 9.17) is 14.2 Å². The quantitative estimate of drug-likeness (QED) is 0.245. The van der Waals surface area contributed by atoms with Crippen molar-refractivity contribution in [2.75, 3.05) is 41.4 Å². The molecular formula is C30H32N2O6. The van der Waals surface area contributed by atoms with Gasteiger partial charge in [0.15, 0.2) is 11.5 Å². The Bertz CT molecular complexity index is 1320. The Hall–Kier alpha value is -4.30. The summed E-state index contributed by atoms with van der Waals surface area (Å²) >= 11 is 0. The minimum Gasteiger partial charge on any atom is -0.507 e. The minimum absolute atomic E-state index is 0.0268. The van der Waals surface area contributed by atoms with E-state index in [2.05, 4.69) is 0 Å². The first-order valence-corrected chi connectivity index (χ1v) is 12.3. The fourth-order valence-corrected chi connectivity index (χ4v) is 4.39. The molecule has 1 aliphatic heterocycles. The second-order valence-electron chi connectivity index (χ2n) is 9.21. The Labute approximate surface area is 222 Å². The molecule has 0 aromatic heterocycles. The van der Waals surface area contributed by atoms with Crippen molar-refractivity contribution in [3.63, 3.8) is 0 Å². The average Bonchev–Trinajstić information content (AvgIpc) is 3.20. The van der Waals surface area contributed by atoms with Crippen molar-refractivity contribution >= 4 is 17.4 Å². The number of ether oxygens (including phenoxy) is 3. The molecular weight excluding hydrogens is 484 g/mol. The van der Waals surface area contributed by atoms with E-state index < -0.39 is 17.7 Å². The molecule has 1 fully saturated rings. The van der Waals surface area contributed by atoms with Crippen LogP contribution in [0, 0.1) is 0 Å². The number of aliphatic hydroxyl groups excluding tert-OH is 1. The highest BCUT2D eigenvalue weighted by Crippen LogP contribution is 2.42. The van der Waals surface area contributed by atoms with Crippen LogP contribution in [0.2, 0.25) is 0 Å². The molecule has 3 aromatic carbocycles. The summed E-state index contributed by atoms with van der Waals surface area (Å²) in [6, 6.07) is 21.0. The number of hydrogen-bond acceptors (Lipinski definition) is 7. The van der Waals surface area contributed by atoms with E-state index in [-0.39, 0.29) is 11.3 Å². The standard InChI is InChI=1S/C30H32N2O6/c1-31(2)16-17-32-27(22-12-15-24(36-3)25(18-22)37-4)26(29(34)30(32)35)28(33)21-10-13-23(14-11-21)38-19-20-8-6-5-7-9-20/h5-15,18,27,33H,16-17,19H2,1-4H3/b28-26+. The van der Waals surface area contributed by atoms with Crippen molar-refractivity contribution in [3.8, 4) is 17.2 Å². The van der Waals surface area contributed by atoms with Gasteiger partial charge in [-0.05, 0) is 61.6 Å². The lowest BCUT2D eigenvalue weighted by Gasteiger charge is -2.27. The van der Waals surface area contributed by atoms with Gasteiger partial charge in [-0.15, -0.1) is 0 Å². The van der Waals surface area contributed by atoms with E-state index in [1.807, 2.05) is 49.3 Å². The molecule has 0 saturated carbocycles. The fourth-order valence-electron chi connectivity index (χ4n) is 4.39. The Morgan fingerprint density at radius 1 is 0.921 bits per heavy atom. The van der Waals surface area contributed by atoms with E-state index in [0.717, 1.165) is 5.56 Å². The molecule has 1 aliphatic rings. The number of amides is 1. The second kappa shape index (κ2) is 11.8. The highest BCUT2D eigenvalue weighted by molar-refractivity contribution is 6.46. The van der Waals surface area contributed by atoms with Crippen molar-refractivity contribution < 1.29 is 28.9 Å². The first-order chi connectivity index (χ1) is 18.3. The van der Waals surface area contributed by atoms with Gasteiger partial charge in [0.2, 0.25) is 0 Å². The van der Waals surface area contributed by atoms with Gasteiger partial charge >= 0.3 is 0 Å². The van der Waals surface area contributed by atoms with Crippen LogP contribution in [-0.4, -0.2) is 68.0 Å². The minimum atomic E-state index is -0.788. The molecule has 1 amide bonds. The number of Topliss-reactive ketones (excluding diaryl/α,β-unsaturated/α-hetero) is 1. The number of nitrogens with zero attached hydrogens (tertiary/aromatic N) is 2. The molecule has 38 heavy (non-hydrogen) atoms. The summed E-state index contributed by atoms with van der Waals surface area (Å²) in [7, 11) is 6.84. The Balaban J connectivity index is 1.70. The number of benzene rings is 3. The maximum atomic E-state index is 13.3. The number of methoxy groups -OCH3 is 2. The van der Waals surface area contributed by atoms with Crippen LogP contribution in [-0.2, 0) is 16.2 Å². The van der Waals surface area contributed by atoms with Gasteiger partial charge in [-0.1, -0.05) is 36.4 Å². The Morgan fingerprint density at radius 2 is 1.61 bits per heavy atom. The molecule has 8 heteroatoms. The fraction of sp³-hybridized carbons (Fsp3) is 0.267. The van der Waals surface area contributed by atoms with Gasteiger partial charge in [0.25, 0.3) is 11.7 Å². The summed E-state index contributed by atoms with van der Waals surface area (Å²) in [5.74, 6) is -0.0319. The van der Waals surface area contributed by atoms with Gasteiger partial charge in [0.1, 0.15) is 18.1 Å². The summed E-state index contributed by atoms with van der Waals surface area (Å²) in [5.41, 5.74) is 2.10. The smallest absolute Gasteiger partial charge is 0.295 e. The van der Waals surface area contributed by atoms with Crippen LogP contribution in [0.4, 0.5) is 0 Å². The summed E-state index contributed by atoms with van der Waals surface area (Å²) in [6.07, 6.45) is 0. The number of carbonyl (C=O) groups excluding carboxylic acids is 2. The average molecular weight is 517 g/mol. The van der Waals surface area contributed by atoms with Crippen LogP contribution < -0.4 is 14.2 Å². The van der Waals surface area contributed by atoms with E-state index >= 15 is 0 Å². The maximum absolute atomic E-state index is 13.3. The third kappa shape index (κ3) is 5.65. The molecule has 198 valence electrons. The largest absolute Gasteiger partial charge is 0.507 e. The van der Waals surface area contributed by atoms with Gasteiger partial charge in [-0.3, -0.25) is 9.59 Å². The van der Waals surface area contributed by atoms with Gasteiger partial charge in [-0.25, -0.2) is 0 Å². The zero-order chi connectivity index (χ0) is 27.2. The molecule has 8 nitrogen and oxygen atoms in total. The van der Waals surface area contributed by atoms with Crippen molar-refractivity contribution in [1.82, 2.24) is 9.80 Å². The summed E-state index contributed by atoms with van der Waals surface area (Å²) < 4.78 is 16.7. The van der Waals surface area contributed by atoms with Crippen LogP contribution in [0.25, 0.3) is 5.76 Å². The van der Waals surface area contributed by atoms with E-state index in [0.29, 0.717) is 48.1 Å². The predicted octanol–water partition coefficient (Wildman–Crippen LogP) is 4.27. The number of likely N-dealkylation sites (tertiary alicyclic amines) is 1. The van der Waals surface area contributed by atoms with Crippen LogP contribution in [0.5, 0.6) is 17.2 Å². The van der Waals surface area contributed by atoms with Gasteiger partial charge in [0.05, 0.1) is 25.8 Å². The zero-order valence-electron chi connectivity index (χ0n) is 22.0. The molecule has 1 atom stereocenters. The normalized spacial score (nSPS) is 16.7. The van der Waals surface area contributed by atoms with Crippen LogP contribution in [0.1, 0.15) is 22.7 Å². The lowest BCUT2D eigenvalue weighted by Crippen LogP contribution is -2.35. The Morgan fingerprint density at radius 3 is 2.24 bits per heavy atom. The van der Waals surface area contributed by atoms with Gasteiger partial charge in [0, 0.05) is 18.7 Å².